The summed E-state index contributed by atoms with van der Waals surface area (Å²) in [6, 6.07) is 5.04. The Bertz CT molecular complexity index is 1320. The van der Waals surface area contributed by atoms with Gasteiger partial charge in [0.1, 0.15) is 29.8 Å². The van der Waals surface area contributed by atoms with E-state index in [2.05, 4.69) is 5.32 Å². The van der Waals surface area contributed by atoms with Crippen LogP contribution in [0.2, 0.25) is 0 Å². The van der Waals surface area contributed by atoms with Crippen molar-refractivity contribution in [2.24, 2.45) is 0 Å². The van der Waals surface area contributed by atoms with Crippen LogP contribution in [0, 0.1) is 17.1 Å². The molecule has 2 heterocycles. The molecule has 0 aliphatic carbocycles. The van der Waals surface area contributed by atoms with Gasteiger partial charge in [0, 0.05) is 31.3 Å². The van der Waals surface area contributed by atoms with Crippen molar-refractivity contribution in [3.63, 3.8) is 0 Å². The number of carbonyl (C=O) groups excluding carboxylic acids is 1. The highest BCUT2D eigenvalue weighted by atomic mass is 19.4. The molecule has 1 aliphatic rings. The smallest absolute Gasteiger partial charge is 0.394 e. The summed E-state index contributed by atoms with van der Waals surface area (Å²) < 4.78 is 60.3. The Morgan fingerprint density at radius 2 is 1.92 bits per heavy atom. The van der Waals surface area contributed by atoms with Crippen LogP contribution in [0.15, 0.2) is 34.0 Å². The molecule has 1 amide bonds. The number of benzene rings is 1. The molecule has 0 spiro atoms. The number of alkyl halides is 3. The first kappa shape index (κ1) is 29.0. The molecule has 1 fully saturated rings. The number of amides is 1. The second kappa shape index (κ2) is 12.3. The highest BCUT2D eigenvalue weighted by Crippen LogP contribution is 2.30. The van der Waals surface area contributed by atoms with Crippen LogP contribution >= 0.6 is 0 Å². The minimum absolute atomic E-state index is 0.118. The molecule has 1 saturated heterocycles. The fourth-order valence-corrected chi connectivity index (χ4v) is 4.07. The van der Waals surface area contributed by atoms with Gasteiger partial charge in [0.15, 0.2) is 0 Å². The van der Waals surface area contributed by atoms with Crippen molar-refractivity contribution in [1.82, 2.24) is 14.5 Å². The summed E-state index contributed by atoms with van der Waals surface area (Å²) in [7, 11) is 0. The van der Waals surface area contributed by atoms with E-state index < -0.39 is 59.8 Å². The summed E-state index contributed by atoms with van der Waals surface area (Å²) in [6.07, 6.45) is -6.80. The van der Waals surface area contributed by atoms with E-state index >= 15 is 0 Å². The van der Waals surface area contributed by atoms with Gasteiger partial charge in [0.25, 0.3) is 11.5 Å². The van der Waals surface area contributed by atoms with Crippen molar-refractivity contribution in [3.8, 4) is 6.07 Å². The summed E-state index contributed by atoms with van der Waals surface area (Å²) in [5, 5.41) is 30.6. The predicted molar refractivity (Wildman–Crippen MR) is 123 cm³/mol. The summed E-state index contributed by atoms with van der Waals surface area (Å²) in [6.45, 7) is -0.648. The third-order valence-corrected chi connectivity index (χ3v) is 6.14. The summed E-state index contributed by atoms with van der Waals surface area (Å²) in [5.74, 6) is -1.24. The van der Waals surface area contributed by atoms with Crippen LogP contribution in [0.3, 0.4) is 0 Å². The minimum atomic E-state index is -5.03. The van der Waals surface area contributed by atoms with Crippen molar-refractivity contribution < 1.29 is 37.3 Å². The number of nitrogens with one attached hydrogen (secondary N) is 1. The lowest BCUT2D eigenvalue weighted by atomic mass is 10.1. The van der Waals surface area contributed by atoms with E-state index in [0.29, 0.717) is 34.6 Å². The maximum atomic E-state index is 13.5. The van der Waals surface area contributed by atoms with Gasteiger partial charge < -0.3 is 20.3 Å². The molecule has 3 N–H and O–H groups in total. The first-order valence-corrected chi connectivity index (χ1v) is 11.8. The van der Waals surface area contributed by atoms with E-state index in [1.54, 1.807) is 6.07 Å². The fourth-order valence-electron chi connectivity index (χ4n) is 4.07. The van der Waals surface area contributed by atoms with Crippen LogP contribution in [0.5, 0.6) is 0 Å². The number of ether oxygens (including phenoxy) is 1. The number of nitrogens with zero attached hydrogens (tertiary/aromatic N) is 3. The van der Waals surface area contributed by atoms with E-state index in [1.807, 2.05) is 0 Å². The average molecular weight is 542 g/mol. The highest BCUT2D eigenvalue weighted by Gasteiger charge is 2.39. The van der Waals surface area contributed by atoms with Gasteiger partial charge in [-0.15, -0.1) is 0 Å². The van der Waals surface area contributed by atoms with Crippen molar-refractivity contribution >= 4 is 5.91 Å². The Hall–Kier alpha value is -3.54. The maximum absolute atomic E-state index is 13.5. The fraction of sp³-hybridized carbons (Fsp3) is 0.500. The molecular formula is C24H26F4N4O6. The van der Waals surface area contributed by atoms with Gasteiger partial charge in [-0.3, -0.25) is 18.7 Å². The van der Waals surface area contributed by atoms with Crippen molar-refractivity contribution in [2.75, 3.05) is 13.2 Å². The van der Waals surface area contributed by atoms with Gasteiger partial charge >= 0.3 is 11.9 Å². The number of halogens is 4. The molecule has 0 radical (unpaired) electrons. The highest BCUT2D eigenvalue weighted by molar-refractivity contribution is 5.94. The number of carbonyl (C=O) groups is 1. The predicted octanol–water partition coefficient (Wildman–Crippen LogP) is 1.67. The first-order chi connectivity index (χ1) is 18.0. The SMILES string of the molecule is N#Cc1cc(C(=O)NCCCCCCn2c(=O)c(C(F)(F)F)cn([C@H]3C[C@H](O)[C@@H](CO)O3)c2=O)ccc1[19F]. The van der Waals surface area contributed by atoms with Gasteiger partial charge in [-0.25, -0.2) is 9.18 Å². The molecule has 206 valence electrons. The zero-order valence-corrected chi connectivity index (χ0v) is 20.1. The molecule has 0 bridgehead atoms. The van der Waals surface area contributed by atoms with Crippen molar-refractivity contribution in [1.29, 1.82) is 5.26 Å². The molecule has 3 atom stereocenters. The molecule has 3 rings (SSSR count). The number of aliphatic hydroxyl groups is 2. The third kappa shape index (κ3) is 6.66. The molecule has 0 saturated carbocycles. The van der Waals surface area contributed by atoms with Crippen LogP contribution in [-0.2, 0) is 17.5 Å². The number of aromatic nitrogens is 2. The van der Waals surface area contributed by atoms with E-state index in [-0.39, 0.29) is 37.1 Å². The molecular weight excluding hydrogens is 516 g/mol. The second-order valence-electron chi connectivity index (χ2n) is 8.78. The van der Waals surface area contributed by atoms with Crippen molar-refractivity contribution in [2.45, 2.75) is 63.3 Å². The second-order valence-corrected chi connectivity index (χ2v) is 8.78. The van der Waals surface area contributed by atoms with Crippen LogP contribution in [-0.4, -0.2) is 50.6 Å². The topological polar surface area (TPSA) is 147 Å². The first-order valence-electron chi connectivity index (χ1n) is 11.8. The quantitative estimate of drug-likeness (QED) is 0.306. The third-order valence-electron chi connectivity index (χ3n) is 6.14. The van der Waals surface area contributed by atoms with Gasteiger partial charge in [0.2, 0.25) is 0 Å². The molecule has 10 nitrogen and oxygen atoms in total. The van der Waals surface area contributed by atoms with Gasteiger partial charge in [-0.05, 0) is 31.0 Å². The number of nitriles is 1. The zero-order chi connectivity index (χ0) is 28.0. The lowest BCUT2D eigenvalue weighted by Gasteiger charge is -2.19. The summed E-state index contributed by atoms with van der Waals surface area (Å²) in [4.78, 5) is 37.4. The number of aliphatic hydroxyl groups excluding tert-OH is 2. The molecule has 1 aromatic heterocycles. The van der Waals surface area contributed by atoms with Gasteiger partial charge in [-0.1, -0.05) is 12.8 Å². The minimum Gasteiger partial charge on any atom is -0.394 e. The average Bonchev–Trinajstić information content (AvgIpc) is 3.24. The summed E-state index contributed by atoms with van der Waals surface area (Å²) in [5.41, 5.74) is -4.20. The lowest BCUT2D eigenvalue weighted by Crippen LogP contribution is -2.44. The van der Waals surface area contributed by atoms with Crippen LogP contribution in [0.4, 0.5) is 17.6 Å². The van der Waals surface area contributed by atoms with E-state index in [9.17, 15) is 42.2 Å². The number of rotatable bonds is 10. The van der Waals surface area contributed by atoms with Crippen molar-refractivity contribution in [3.05, 3.63) is 67.7 Å². The monoisotopic (exact) mass is 542 g/mol. The molecule has 38 heavy (non-hydrogen) atoms. The summed E-state index contributed by atoms with van der Waals surface area (Å²) >= 11 is 0. The van der Waals surface area contributed by atoms with Crippen LogP contribution < -0.4 is 16.6 Å². The Labute approximate surface area is 213 Å². The van der Waals surface area contributed by atoms with Gasteiger partial charge in [0.05, 0.1) is 18.3 Å². The Morgan fingerprint density at radius 1 is 1.21 bits per heavy atom. The largest absolute Gasteiger partial charge is 0.423 e. The van der Waals surface area contributed by atoms with E-state index in [1.165, 1.54) is 6.07 Å². The lowest BCUT2D eigenvalue weighted by molar-refractivity contribution is -0.140. The van der Waals surface area contributed by atoms with E-state index in [0.717, 1.165) is 12.1 Å². The number of unbranched alkanes of at least 4 members (excludes halogenated alkanes) is 3. The van der Waals surface area contributed by atoms with Gasteiger partial charge in [-0.2, -0.15) is 18.4 Å². The van der Waals surface area contributed by atoms with Crippen LogP contribution in [0.25, 0.3) is 0 Å². The molecule has 1 aromatic carbocycles. The standard InChI is InChI=1S/C24H26F4N4O6/c25-17-6-5-14(9-15(17)11-29)21(35)30-7-3-1-2-4-8-31-22(36)16(24(26,27)28)12-32(23(31)37)20-10-18(34)19(13-33)38-20/h5-6,9,12,18-20,33-34H,1-4,7-8,10,13H2,(H,30,35)/t18-,19+,20+/m0/s1/i25+0. The number of hydrogen-bond acceptors (Lipinski definition) is 7. The normalized spacial score (nSPS) is 19.3. The number of hydrogen-bond donors (Lipinski definition) is 3. The Kier molecular flexibility index (Phi) is 9.42. The molecule has 0 unspecified atom stereocenters. The zero-order valence-electron chi connectivity index (χ0n) is 20.1. The maximum Gasteiger partial charge on any atom is 0.423 e. The Morgan fingerprint density at radius 3 is 2.55 bits per heavy atom. The molecule has 1 aliphatic heterocycles. The molecule has 2 aromatic rings. The van der Waals surface area contributed by atoms with E-state index in [4.69, 9.17) is 10.00 Å². The molecule has 14 heteroatoms. The van der Waals surface area contributed by atoms with Crippen LogP contribution in [0.1, 0.15) is 59.8 Å². The Balaban J connectivity index is 1.58.